The van der Waals surface area contributed by atoms with Crippen molar-refractivity contribution in [2.75, 3.05) is 27.2 Å². The molecule has 71 heavy (non-hydrogen) atoms. The number of aromatic nitrogens is 2. The van der Waals surface area contributed by atoms with E-state index in [2.05, 4.69) is 23.3 Å². The number of carbonyl (C=O) groups is 5. The number of allylic oxidation sites excluding steroid dienone is 4. The van der Waals surface area contributed by atoms with E-state index >= 15 is 0 Å². The third kappa shape index (κ3) is 16.8. The van der Waals surface area contributed by atoms with Gasteiger partial charge in [-0.25, -0.2) is 13.8 Å². The fraction of sp³-hybridized carbons (Fsp3) is 0.705. The number of esters is 2. The Balaban J connectivity index is 1.64. The minimum absolute atomic E-state index is 0.144. The summed E-state index contributed by atoms with van der Waals surface area (Å²) in [5.74, 6) is -6.37. The molecule has 3 saturated heterocycles. The first-order valence-corrected chi connectivity index (χ1v) is 24.6. The minimum atomic E-state index is -5.37. The highest BCUT2D eigenvalue weighted by molar-refractivity contribution is 7.80. The summed E-state index contributed by atoms with van der Waals surface area (Å²) in [7, 11) is -3.08. The number of nitrogens with two attached hydrogens (primary N) is 1. The van der Waals surface area contributed by atoms with Gasteiger partial charge < -0.3 is 59.9 Å². The van der Waals surface area contributed by atoms with E-state index in [-0.39, 0.29) is 19.3 Å². The monoisotopic (exact) mass is 1030 g/mol. The number of rotatable bonds is 27. The molecule has 0 spiro atoms. The molecule has 4 heterocycles. The lowest BCUT2D eigenvalue weighted by atomic mass is 9.97. The SMILES string of the molecule is CCCCC/C=C/C/C=C/CCCC(CC(=O)OC1CN(C)C(C(O[C@@H]2O[C@H](CN)[C@@H](O)[C@H]2OS(=O)(=O)O)[C@H]2O[C@@H](n3ccc(=O)[nH]c3=O)[C@H](O)[C@@H]2O)C(=O)N(C)C1C(=O)O)OC(=O)CC(C)CC(=O)O. The number of ether oxygens (including phenoxy) is 5. The van der Waals surface area contributed by atoms with E-state index in [9.17, 15) is 72.1 Å². The highest BCUT2D eigenvalue weighted by atomic mass is 32.3. The van der Waals surface area contributed by atoms with Gasteiger partial charge in [0.2, 0.25) is 5.91 Å². The Morgan fingerprint density at radius 3 is 2.21 bits per heavy atom. The van der Waals surface area contributed by atoms with E-state index in [0.29, 0.717) is 28.7 Å². The van der Waals surface area contributed by atoms with Gasteiger partial charge in [0.25, 0.3) is 5.56 Å². The molecule has 26 nitrogen and oxygen atoms in total. The summed E-state index contributed by atoms with van der Waals surface area (Å²) in [4.78, 5) is 94.2. The second-order valence-electron chi connectivity index (χ2n) is 17.8. The highest BCUT2D eigenvalue weighted by Gasteiger charge is 2.58. The second kappa shape index (κ2) is 27.2. The number of carbonyl (C=O) groups excluding carboxylic acids is 3. The number of unbranched alkanes of at least 4 members (excludes halogenated alkanes) is 4. The first kappa shape index (κ1) is 58.6. The molecule has 3 aliphatic heterocycles. The average molecular weight is 1030 g/mol. The van der Waals surface area contributed by atoms with Crippen LogP contribution in [0, 0.1) is 5.92 Å². The maximum Gasteiger partial charge on any atom is 0.397 e. The number of nitrogens with one attached hydrogen (secondary N) is 1. The largest absolute Gasteiger partial charge is 0.481 e. The normalized spacial score (nSPS) is 28.8. The van der Waals surface area contributed by atoms with Crippen LogP contribution in [0.2, 0.25) is 0 Å². The van der Waals surface area contributed by atoms with Crippen LogP contribution >= 0.6 is 0 Å². The zero-order chi connectivity index (χ0) is 52.7. The number of amides is 1. The first-order valence-electron chi connectivity index (χ1n) is 23.3. The molecule has 0 aromatic carbocycles. The third-order valence-electron chi connectivity index (χ3n) is 12.1. The maximum absolute atomic E-state index is 14.7. The predicted molar refractivity (Wildman–Crippen MR) is 244 cm³/mol. The molecule has 9 N–H and O–H groups in total. The molecule has 4 rings (SSSR count). The van der Waals surface area contributed by atoms with Gasteiger partial charge in [0.15, 0.2) is 24.7 Å². The van der Waals surface area contributed by atoms with Gasteiger partial charge in [0.05, 0.1) is 6.42 Å². The van der Waals surface area contributed by atoms with E-state index in [4.69, 9.17) is 29.4 Å². The molecule has 3 fully saturated rings. The molecule has 1 amide bonds. The van der Waals surface area contributed by atoms with Gasteiger partial charge >= 0.3 is 40.0 Å². The molecule has 0 bridgehead atoms. The maximum atomic E-state index is 14.7. The number of H-pyrrole nitrogens is 1. The first-order chi connectivity index (χ1) is 33.5. The number of aliphatic hydroxyl groups is 3. The summed E-state index contributed by atoms with van der Waals surface area (Å²) in [5, 5.41) is 53.4. The molecule has 0 aliphatic carbocycles. The van der Waals surface area contributed by atoms with Crippen LogP contribution in [0.15, 0.2) is 46.2 Å². The lowest BCUT2D eigenvalue weighted by molar-refractivity contribution is -0.230. The van der Waals surface area contributed by atoms with Gasteiger partial charge in [-0.15, -0.1) is 0 Å². The summed E-state index contributed by atoms with van der Waals surface area (Å²) in [6.45, 7) is 2.57. The van der Waals surface area contributed by atoms with Crippen molar-refractivity contribution in [3.8, 4) is 0 Å². The van der Waals surface area contributed by atoms with Crippen molar-refractivity contribution in [2.45, 2.75) is 164 Å². The number of hydrogen-bond acceptors (Lipinski definition) is 20. The van der Waals surface area contributed by atoms with Crippen molar-refractivity contribution in [2.24, 2.45) is 11.7 Å². The lowest BCUT2D eigenvalue weighted by Gasteiger charge is -2.38. The van der Waals surface area contributed by atoms with E-state index in [1.165, 1.54) is 14.0 Å². The van der Waals surface area contributed by atoms with Crippen molar-refractivity contribution >= 4 is 40.2 Å². The Morgan fingerprint density at radius 2 is 1.61 bits per heavy atom. The molecular weight excluding hydrogens is 967 g/mol. The van der Waals surface area contributed by atoms with Crippen molar-refractivity contribution in [1.82, 2.24) is 19.4 Å². The van der Waals surface area contributed by atoms with E-state index in [0.717, 1.165) is 49.9 Å². The lowest BCUT2D eigenvalue weighted by Crippen LogP contribution is -2.60. The number of nitrogens with zero attached hydrogens (tertiary/aromatic N) is 3. The van der Waals surface area contributed by atoms with Crippen LogP contribution in [-0.2, 0) is 62.2 Å². The number of hydrogen-bond donors (Lipinski definition) is 8. The van der Waals surface area contributed by atoms with E-state index < -0.39 is 156 Å². The topological polar surface area (TPSA) is 384 Å². The number of aliphatic hydroxyl groups excluding tert-OH is 3. The Bertz CT molecular complexity index is 2260. The molecule has 0 saturated carbocycles. The molecule has 1 aromatic rings. The van der Waals surface area contributed by atoms with Crippen molar-refractivity contribution < 1.29 is 90.3 Å². The van der Waals surface area contributed by atoms with Gasteiger partial charge in [-0.05, 0) is 51.5 Å². The van der Waals surface area contributed by atoms with E-state index in [1.54, 1.807) is 0 Å². The quantitative estimate of drug-likeness (QED) is 0.0226. The molecule has 27 heteroatoms. The Kier molecular flexibility index (Phi) is 22.5. The smallest absolute Gasteiger partial charge is 0.397 e. The number of aromatic amines is 1. The summed E-state index contributed by atoms with van der Waals surface area (Å²) >= 11 is 0. The van der Waals surface area contributed by atoms with Crippen LogP contribution in [0.25, 0.3) is 0 Å². The zero-order valence-corrected chi connectivity index (χ0v) is 40.7. The van der Waals surface area contributed by atoms with Gasteiger partial charge in [-0.1, -0.05) is 51.0 Å². The molecule has 3 aliphatic rings. The molecule has 6 unspecified atom stereocenters. The van der Waals surface area contributed by atoms with Crippen LogP contribution in [0.4, 0.5) is 0 Å². The summed E-state index contributed by atoms with van der Waals surface area (Å²) in [6, 6.07) is -2.91. The van der Waals surface area contributed by atoms with Crippen molar-refractivity contribution in [3.05, 3.63) is 57.4 Å². The fourth-order valence-electron chi connectivity index (χ4n) is 8.63. The van der Waals surface area contributed by atoms with Gasteiger partial charge in [-0.3, -0.25) is 43.0 Å². The zero-order valence-electron chi connectivity index (χ0n) is 39.9. The molecule has 0 radical (unpaired) electrons. The number of likely N-dealkylation sites (N-methyl/N-ethyl adjacent to an activating group) is 2. The van der Waals surface area contributed by atoms with Crippen LogP contribution in [0.3, 0.4) is 0 Å². The van der Waals surface area contributed by atoms with Crippen molar-refractivity contribution in [3.63, 3.8) is 0 Å². The average Bonchev–Trinajstić information content (AvgIpc) is 3.69. The summed E-state index contributed by atoms with van der Waals surface area (Å²) < 4.78 is 67.9. The predicted octanol–water partition coefficient (Wildman–Crippen LogP) is -1.03. The number of carboxylic acids is 2. The highest BCUT2D eigenvalue weighted by Crippen LogP contribution is 2.37. The number of carboxylic acid groups (broad SMARTS) is 2. The molecular formula is C44H67N5O21S. The Morgan fingerprint density at radius 1 is 0.930 bits per heavy atom. The summed E-state index contributed by atoms with van der Waals surface area (Å²) in [6.07, 6.45) is -6.26. The third-order valence-corrected chi connectivity index (χ3v) is 12.6. The van der Waals surface area contributed by atoms with Crippen LogP contribution < -0.4 is 17.0 Å². The van der Waals surface area contributed by atoms with Gasteiger partial charge in [0, 0.05) is 45.2 Å². The molecule has 1 aromatic heterocycles. The second-order valence-corrected chi connectivity index (χ2v) is 18.9. The fourth-order valence-corrected chi connectivity index (χ4v) is 9.11. The van der Waals surface area contributed by atoms with Gasteiger partial charge in [-0.2, -0.15) is 8.42 Å². The van der Waals surface area contributed by atoms with Crippen LogP contribution in [0.1, 0.15) is 90.7 Å². The Labute approximate surface area is 409 Å². The van der Waals surface area contributed by atoms with Crippen LogP contribution in [0.5, 0.6) is 0 Å². The van der Waals surface area contributed by atoms with E-state index in [1.807, 2.05) is 17.1 Å². The Hall–Kier alpha value is -4.94. The van der Waals surface area contributed by atoms with Gasteiger partial charge in [0.1, 0.15) is 54.9 Å². The van der Waals surface area contributed by atoms with Crippen molar-refractivity contribution in [1.29, 1.82) is 0 Å². The molecule has 400 valence electrons. The summed E-state index contributed by atoms with van der Waals surface area (Å²) in [5.41, 5.74) is 3.78. The standard InChI is InChI=1S/C44H67N5O21S/c1-5-6-7-8-9-10-11-12-13-14-15-16-25(65-30(53)20-24(2)19-29(51)52)21-31(54)66-27-23-47(3)33(40(58)48(4)32(27)42(59)60)37(69-43-39(70-71(62,63)64)34(55)26(22-45)67-43)38-35(56)36(57)41(68-38)49-18-17-28(50)46-44(49)61/h9-10,12-13,17-18,24-27,32-39,41,43,55-57H,5-8,11,14-16,19-23,45H2,1-4H3,(H,51,52)(H,59,60)(H,46,50,61)(H,62,63,64)/b10-9+,13-12+/t24?,25?,26-,27?,32?,33?,34-,35+,36-,37?,38+,39-,41-,43+/m1/s1. The van der Waals surface area contributed by atoms with Crippen LogP contribution in [-0.4, -0.2) is 188 Å². The molecule has 14 atom stereocenters. The number of aliphatic carboxylic acids is 2. The minimum Gasteiger partial charge on any atom is -0.481 e.